The second kappa shape index (κ2) is 7.72. The van der Waals surface area contributed by atoms with E-state index in [1.165, 1.54) is 0 Å². The number of rotatable bonds is 7. The van der Waals surface area contributed by atoms with Crippen molar-refractivity contribution in [3.05, 3.63) is 11.4 Å². The maximum atomic E-state index is 12.1. The van der Waals surface area contributed by atoms with Crippen molar-refractivity contribution in [2.75, 3.05) is 29.5 Å². The van der Waals surface area contributed by atoms with Crippen molar-refractivity contribution in [3.63, 3.8) is 0 Å². The van der Waals surface area contributed by atoms with Crippen LogP contribution in [0.25, 0.3) is 0 Å². The van der Waals surface area contributed by atoms with Gasteiger partial charge < -0.3 is 10.6 Å². The summed E-state index contributed by atoms with van der Waals surface area (Å²) in [4.78, 5) is 8.84. The van der Waals surface area contributed by atoms with Crippen LogP contribution in [0.3, 0.4) is 0 Å². The van der Waals surface area contributed by atoms with E-state index in [9.17, 15) is 13.2 Å². The van der Waals surface area contributed by atoms with Crippen molar-refractivity contribution in [3.8, 4) is 0 Å². The maximum Gasteiger partial charge on any atom is 0.441 e. The summed E-state index contributed by atoms with van der Waals surface area (Å²) < 4.78 is 36.3. The summed E-state index contributed by atoms with van der Waals surface area (Å²) in [6.07, 6.45) is 0. The summed E-state index contributed by atoms with van der Waals surface area (Å²) in [6.45, 7) is 8.68. The van der Waals surface area contributed by atoms with Crippen molar-refractivity contribution in [1.82, 2.24) is 9.97 Å². The normalized spacial score (nSPS) is 11.8. The summed E-state index contributed by atoms with van der Waals surface area (Å²) in [5.41, 5.74) is -3.38. The largest absolute Gasteiger partial charge is 0.441 e. The van der Waals surface area contributed by atoms with Crippen molar-refractivity contribution < 1.29 is 13.2 Å². The molecule has 0 aliphatic heterocycles. The number of nitrogens with zero attached hydrogens (tertiary/aromatic N) is 2. The second-order valence-corrected chi connectivity index (χ2v) is 5.97. The molecule has 1 rings (SSSR count). The zero-order valence-corrected chi connectivity index (χ0v) is 13.5. The van der Waals surface area contributed by atoms with Crippen molar-refractivity contribution in [1.29, 1.82) is 0 Å². The number of nitrogens with one attached hydrogen (secondary N) is 2. The Morgan fingerprint density at radius 3 is 2.19 bits per heavy atom. The summed E-state index contributed by atoms with van der Waals surface area (Å²) >= 11 is -0.0379. The molecule has 0 unspecified atom stereocenters. The Labute approximate surface area is 127 Å². The molecule has 120 valence electrons. The van der Waals surface area contributed by atoms with Gasteiger partial charge in [0.1, 0.15) is 17.5 Å². The number of hydrogen-bond acceptors (Lipinski definition) is 5. The molecule has 0 aliphatic rings. The van der Waals surface area contributed by atoms with E-state index < -0.39 is 5.51 Å². The summed E-state index contributed by atoms with van der Waals surface area (Å²) in [6, 6.07) is 0. The van der Waals surface area contributed by atoms with Crippen molar-refractivity contribution in [2.24, 2.45) is 0 Å². The first-order chi connectivity index (χ1) is 9.74. The summed E-state index contributed by atoms with van der Waals surface area (Å²) in [5, 5.41) is 6.12. The van der Waals surface area contributed by atoms with E-state index >= 15 is 0 Å². The van der Waals surface area contributed by atoms with Crippen LogP contribution in [0.2, 0.25) is 0 Å². The van der Waals surface area contributed by atoms with Crippen LogP contribution in [-0.2, 0) is 0 Å². The second-order valence-electron chi connectivity index (χ2n) is 4.81. The van der Waals surface area contributed by atoms with Crippen molar-refractivity contribution in [2.45, 2.75) is 39.1 Å². The quantitative estimate of drug-likeness (QED) is 0.743. The van der Waals surface area contributed by atoms with Crippen LogP contribution in [0, 0.1) is 6.92 Å². The van der Waals surface area contributed by atoms with E-state index in [-0.39, 0.29) is 30.0 Å². The first-order valence-electron chi connectivity index (χ1n) is 6.81. The molecule has 0 aromatic carbocycles. The Kier molecular flexibility index (Phi) is 6.57. The summed E-state index contributed by atoms with van der Waals surface area (Å²) in [7, 11) is 0. The lowest BCUT2D eigenvalue weighted by Crippen LogP contribution is -2.14. The number of thioether (sulfide) groups is 1. The van der Waals surface area contributed by atoms with Gasteiger partial charge in [0.2, 0.25) is 0 Å². The Balaban J connectivity index is 2.80. The third-order valence-electron chi connectivity index (χ3n) is 2.68. The molecule has 0 saturated carbocycles. The van der Waals surface area contributed by atoms with Crippen molar-refractivity contribution >= 4 is 23.4 Å². The minimum absolute atomic E-state index is 0.0379. The topological polar surface area (TPSA) is 49.8 Å². The molecule has 0 amide bonds. The van der Waals surface area contributed by atoms with Gasteiger partial charge in [0, 0.05) is 30.3 Å². The van der Waals surface area contributed by atoms with E-state index in [1.807, 2.05) is 27.7 Å². The first-order valence-corrected chi connectivity index (χ1v) is 7.80. The zero-order chi connectivity index (χ0) is 16.0. The monoisotopic (exact) mass is 322 g/mol. The number of halogens is 3. The molecule has 0 aliphatic carbocycles. The third-order valence-corrected chi connectivity index (χ3v) is 3.42. The lowest BCUT2D eigenvalue weighted by atomic mass is 10.2. The molecule has 1 heterocycles. The van der Waals surface area contributed by atoms with Crippen LogP contribution in [0.4, 0.5) is 24.8 Å². The molecule has 8 heteroatoms. The first kappa shape index (κ1) is 17.9. The van der Waals surface area contributed by atoms with Gasteiger partial charge in [-0.3, -0.25) is 0 Å². The lowest BCUT2D eigenvalue weighted by Gasteiger charge is -2.16. The third kappa shape index (κ3) is 5.99. The van der Waals surface area contributed by atoms with Gasteiger partial charge in [-0.05, 0) is 25.6 Å². The van der Waals surface area contributed by atoms with E-state index in [0.29, 0.717) is 11.6 Å². The van der Waals surface area contributed by atoms with Gasteiger partial charge in [0.15, 0.2) is 0 Å². The minimum atomic E-state index is -4.19. The maximum absolute atomic E-state index is 12.1. The molecule has 4 nitrogen and oxygen atoms in total. The van der Waals surface area contributed by atoms with Gasteiger partial charge in [-0.1, -0.05) is 13.8 Å². The van der Waals surface area contributed by atoms with Crippen LogP contribution in [0.5, 0.6) is 0 Å². The Morgan fingerprint density at radius 2 is 1.71 bits per heavy atom. The van der Waals surface area contributed by atoms with Crippen LogP contribution < -0.4 is 10.6 Å². The van der Waals surface area contributed by atoms with Crippen LogP contribution in [0.15, 0.2) is 0 Å². The molecule has 0 saturated heterocycles. The van der Waals surface area contributed by atoms with E-state index in [4.69, 9.17) is 0 Å². The molecule has 21 heavy (non-hydrogen) atoms. The Hall–Kier alpha value is -1.18. The number of anilines is 2. The molecular formula is C13H21F3N4S. The van der Waals surface area contributed by atoms with Crippen LogP contribution >= 0.6 is 11.8 Å². The zero-order valence-electron chi connectivity index (χ0n) is 12.6. The minimum Gasteiger partial charge on any atom is -0.370 e. The average molecular weight is 322 g/mol. The molecule has 0 bridgehead atoms. The molecule has 0 atom stereocenters. The predicted molar refractivity (Wildman–Crippen MR) is 82.0 cm³/mol. The fourth-order valence-electron chi connectivity index (χ4n) is 1.64. The molecule has 0 radical (unpaired) electrons. The number of alkyl halides is 3. The number of aromatic nitrogens is 2. The van der Waals surface area contributed by atoms with Gasteiger partial charge in [-0.25, -0.2) is 9.97 Å². The smallest absolute Gasteiger partial charge is 0.370 e. The molecule has 0 fully saturated rings. The van der Waals surface area contributed by atoms with Gasteiger partial charge in [0.05, 0.1) is 0 Å². The number of hydrogen-bond donors (Lipinski definition) is 2. The Bertz CT molecular complexity index is 463. The molecule has 2 N–H and O–H groups in total. The van der Waals surface area contributed by atoms with Gasteiger partial charge in [-0.2, -0.15) is 13.2 Å². The Morgan fingerprint density at radius 1 is 1.14 bits per heavy atom. The van der Waals surface area contributed by atoms with E-state index in [2.05, 4.69) is 20.6 Å². The van der Waals surface area contributed by atoms with Gasteiger partial charge in [-0.15, -0.1) is 0 Å². The van der Waals surface area contributed by atoms with Gasteiger partial charge >= 0.3 is 5.51 Å². The van der Waals surface area contributed by atoms with E-state index in [1.54, 1.807) is 0 Å². The highest BCUT2D eigenvalue weighted by atomic mass is 32.2. The van der Waals surface area contributed by atoms with Crippen LogP contribution in [0.1, 0.15) is 38.1 Å². The van der Waals surface area contributed by atoms with E-state index in [0.717, 1.165) is 17.9 Å². The predicted octanol–water partition coefficient (Wildman–Crippen LogP) is 4.01. The highest BCUT2D eigenvalue weighted by molar-refractivity contribution is 8.00. The lowest BCUT2D eigenvalue weighted by molar-refractivity contribution is -0.0327. The fraction of sp³-hybridized carbons (Fsp3) is 0.692. The fourth-order valence-corrected chi connectivity index (χ4v) is 2.08. The molecule has 1 aromatic heterocycles. The molecular weight excluding hydrogens is 301 g/mol. The standard InChI is InChI=1S/C13H21F3N4S/c1-5-17-11-9(4)12(20-10(19-11)8(2)3)18-6-7-21-13(14,15)16/h8H,5-7H2,1-4H3,(H2,17,18,19,20). The SMILES string of the molecule is CCNc1nc(C(C)C)nc(NCCSC(F)(F)F)c1C. The molecule has 0 spiro atoms. The van der Waals surface area contributed by atoms with Crippen LogP contribution in [-0.4, -0.2) is 34.3 Å². The summed E-state index contributed by atoms with van der Waals surface area (Å²) in [5.74, 6) is 2.07. The van der Waals surface area contributed by atoms with Gasteiger partial charge in [0.25, 0.3) is 0 Å². The average Bonchev–Trinajstić information content (AvgIpc) is 2.37. The molecule has 1 aromatic rings. The highest BCUT2D eigenvalue weighted by Crippen LogP contribution is 2.30. The highest BCUT2D eigenvalue weighted by Gasteiger charge is 2.27.